The number of benzene rings is 2. The third-order valence-corrected chi connectivity index (χ3v) is 6.64. The number of carbonyl (C=O) groups is 3. The summed E-state index contributed by atoms with van der Waals surface area (Å²) in [5.41, 5.74) is 9.84. The number of amides is 3. The van der Waals surface area contributed by atoms with E-state index in [-0.39, 0.29) is 5.78 Å². The zero-order valence-electron chi connectivity index (χ0n) is 20.2. The van der Waals surface area contributed by atoms with Crippen LogP contribution in [0.5, 0.6) is 0 Å². The predicted molar refractivity (Wildman–Crippen MR) is 142 cm³/mol. The molecule has 2 aromatic heterocycles. The molecule has 3 amide bonds. The first-order valence-corrected chi connectivity index (χ1v) is 12.2. The van der Waals surface area contributed by atoms with Crippen LogP contribution in [0.2, 0.25) is 0 Å². The minimum absolute atomic E-state index is 0.236. The Bertz CT molecular complexity index is 1530. The highest BCUT2D eigenvalue weighted by molar-refractivity contribution is 6.27. The highest BCUT2D eigenvalue weighted by atomic mass is 16.2. The summed E-state index contributed by atoms with van der Waals surface area (Å²) in [6.45, 7) is 3.80. The molecule has 4 aromatic rings. The summed E-state index contributed by atoms with van der Waals surface area (Å²) in [4.78, 5) is 44.5. The lowest BCUT2D eigenvalue weighted by molar-refractivity contribution is 0.0937. The van der Waals surface area contributed by atoms with Crippen molar-refractivity contribution in [2.24, 2.45) is 0 Å². The molecule has 2 aliphatic rings. The molecule has 2 aromatic carbocycles. The summed E-state index contributed by atoms with van der Waals surface area (Å²) in [5.74, 6) is -0.754. The molecular formula is C27H24N8O3. The third kappa shape index (κ3) is 4.24. The molecule has 1 saturated heterocycles. The van der Waals surface area contributed by atoms with Crippen LogP contribution in [-0.4, -0.2) is 59.1 Å². The van der Waals surface area contributed by atoms with Gasteiger partial charge in [0.2, 0.25) is 0 Å². The topological polar surface area (TPSA) is 144 Å². The Hall–Kier alpha value is -5.03. The van der Waals surface area contributed by atoms with E-state index in [1.54, 1.807) is 36.5 Å². The van der Waals surface area contributed by atoms with E-state index in [4.69, 9.17) is 0 Å². The number of piperazine rings is 1. The van der Waals surface area contributed by atoms with Crippen LogP contribution in [-0.2, 0) is 0 Å². The number of aromatic nitrogens is 3. The number of carbonyl (C=O) groups excluding carboxylic acids is 3. The van der Waals surface area contributed by atoms with E-state index in [1.165, 1.54) is 6.20 Å². The lowest BCUT2D eigenvalue weighted by atomic mass is 10.0. The fourth-order valence-corrected chi connectivity index (χ4v) is 4.79. The first-order chi connectivity index (χ1) is 18.6. The second-order valence-electron chi connectivity index (χ2n) is 8.94. The van der Waals surface area contributed by atoms with Crippen LogP contribution in [0.3, 0.4) is 0 Å². The number of rotatable bonds is 4. The number of H-pyrrole nitrogens is 1. The van der Waals surface area contributed by atoms with Crippen LogP contribution in [0, 0.1) is 0 Å². The van der Waals surface area contributed by atoms with Crippen molar-refractivity contribution in [1.29, 1.82) is 0 Å². The maximum absolute atomic E-state index is 13.6. The molecule has 0 bridgehead atoms. The molecule has 190 valence electrons. The van der Waals surface area contributed by atoms with Gasteiger partial charge in [-0.05, 0) is 30.3 Å². The number of nitrogens with one attached hydrogen (secondary N) is 5. The van der Waals surface area contributed by atoms with Crippen LogP contribution >= 0.6 is 0 Å². The van der Waals surface area contributed by atoms with Crippen LogP contribution in [0.15, 0.2) is 67.0 Å². The first kappa shape index (κ1) is 23.4. The van der Waals surface area contributed by atoms with Crippen LogP contribution < -0.4 is 26.4 Å². The molecule has 0 saturated carbocycles. The van der Waals surface area contributed by atoms with Crippen molar-refractivity contribution in [3.63, 3.8) is 0 Å². The number of hydrogen-bond donors (Lipinski definition) is 5. The van der Waals surface area contributed by atoms with E-state index in [1.807, 2.05) is 12.1 Å². The molecule has 11 heteroatoms. The number of aromatic amines is 1. The smallest absolute Gasteiger partial charge is 0.337 e. The molecular weight excluding hydrogens is 484 g/mol. The molecule has 1 aliphatic carbocycles. The van der Waals surface area contributed by atoms with Crippen molar-refractivity contribution < 1.29 is 14.4 Å². The number of pyridine rings is 1. The maximum atomic E-state index is 13.6. The van der Waals surface area contributed by atoms with Gasteiger partial charge in [0, 0.05) is 55.4 Å². The highest BCUT2D eigenvalue weighted by Crippen LogP contribution is 2.43. The lowest BCUT2D eigenvalue weighted by Crippen LogP contribution is -2.44. The standard InChI is InChI=1S/C27H24N8O3/c36-25-21-19(4-1-5-20(21)30-27(38)34-33-26(37)17-3-2-10-29-15-17)24-22(25)23(31-32-24)16-6-8-18(9-7-16)35-13-11-28-12-14-35/h1-10,15,28H,11-14H2,(H,31,32)(H,33,37)(H2,30,34,38). The largest absolute Gasteiger partial charge is 0.369 e. The number of hydrazine groups is 1. The molecule has 5 N–H and O–H groups in total. The lowest BCUT2D eigenvalue weighted by Gasteiger charge is -2.29. The first-order valence-electron chi connectivity index (χ1n) is 12.2. The van der Waals surface area contributed by atoms with Crippen molar-refractivity contribution in [2.75, 3.05) is 36.4 Å². The van der Waals surface area contributed by atoms with E-state index < -0.39 is 11.9 Å². The molecule has 6 rings (SSSR count). The second kappa shape index (κ2) is 9.79. The van der Waals surface area contributed by atoms with Crippen LogP contribution in [0.1, 0.15) is 26.3 Å². The van der Waals surface area contributed by atoms with Gasteiger partial charge in [-0.15, -0.1) is 0 Å². The van der Waals surface area contributed by atoms with Crippen molar-refractivity contribution >= 4 is 29.1 Å². The Kier molecular flexibility index (Phi) is 6.02. The Morgan fingerprint density at radius 1 is 0.921 bits per heavy atom. The monoisotopic (exact) mass is 508 g/mol. The summed E-state index contributed by atoms with van der Waals surface area (Å²) >= 11 is 0. The van der Waals surface area contributed by atoms with Gasteiger partial charge in [-0.3, -0.25) is 25.1 Å². The number of fused-ring (bicyclic) bond motifs is 3. The number of urea groups is 1. The fraction of sp³-hybridized carbons (Fsp3) is 0.148. The van der Waals surface area contributed by atoms with Gasteiger partial charge in [-0.1, -0.05) is 24.3 Å². The SMILES string of the molecule is O=C(NNC(=O)c1cccnc1)Nc1cccc2c1C(=O)c1c-2n[nH]c1-c1ccc(N2CCNCC2)cc1. The quantitative estimate of drug-likeness (QED) is 0.235. The number of nitrogens with zero attached hydrogens (tertiary/aromatic N) is 3. The Balaban J connectivity index is 1.20. The van der Waals surface area contributed by atoms with Crippen LogP contribution in [0.4, 0.5) is 16.2 Å². The average molecular weight is 509 g/mol. The molecule has 3 heterocycles. The molecule has 1 aliphatic heterocycles. The second-order valence-corrected chi connectivity index (χ2v) is 8.94. The zero-order valence-corrected chi connectivity index (χ0v) is 20.2. The van der Waals surface area contributed by atoms with Crippen LogP contribution in [0.25, 0.3) is 22.5 Å². The van der Waals surface area contributed by atoms with Gasteiger partial charge in [0.1, 0.15) is 5.69 Å². The number of hydrogen-bond acceptors (Lipinski definition) is 7. The molecule has 0 atom stereocenters. The zero-order chi connectivity index (χ0) is 26.1. The van der Waals surface area contributed by atoms with E-state index in [0.29, 0.717) is 39.3 Å². The van der Waals surface area contributed by atoms with Crippen molar-refractivity contribution in [1.82, 2.24) is 31.3 Å². The molecule has 0 unspecified atom stereocenters. The molecule has 0 spiro atoms. The average Bonchev–Trinajstić information content (AvgIpc) is 3.53. The summed E-state index contributed by atoms with van der Waals surface area (Å²) in [7, 11) is 0. The Morgan fingerprint density at radius 2 is 1.74 bits per heavy atom. The van der Waals surface area contributed by atoms with Gasteiger partial charge in [0.05, 0.1) is 28.1 Å². The predicted octanol–water partition coefficient (Wildman–Crippen LogP) is 2.56. The van der Waals surface area contributed by atoms with Crippen molar-refractivity contribution in [3.8, 4) is 22.5 Å². The van der Waals surface area contributed by atoms with Gasteiger partial charge < -0.3 is 15.5 Å². The summed E-state index contributed by atoms with van der Waals surface area (Å²) in [6, 6.07) is 15.7. The van der Waals surface area contributed by atoms with Crippen molar-refractivity contribution in [2.45, 2.75) is 0 Å². The summed E-state index contributed by atoms with van der Waals surface area (Å²) in [5, 5.41) is 13.5. The van der Waals surface area contributed by atoms with E-state index >= 15 is 0 Å². The number of ketones is 1. The maximum Gasteiger partial charge on any atom is 0.337 e. The minimum Gasteiger partial charge on any atom is -0.369 e. The molecule has 11 nitrogen and oxygen atoms in total. The van der Waals surface area contributed by atoms with Gasteiger partial charge >= 0.3 is 6.03 Å². The van der Waals surface area contributed by atoms with E-state index in [2.05, 4.69) is 53.7 Å². The summed E-state index contributed by atoms with van der Waals surface area (Å²) < 4.78 is 0. The Labute approximate surface area is 217 Å². The van der Waals surface area contributed by atoms with Gasteiger partial charge in [0.25, 0.3) is 5.91 Å². The van der Waals surface area contributed by atoms with Gasteiger partial charge in [-0.2, -0.15) is 5.10 Å². The molecule has 38 heavy (non-hydrogen) atoms. The summed E-state index contributed by atoms with van der Waals surface area (Å²) in [6.07, 6.45) is 2.93. The minimum atomic E-state index is -0.696. The fourth-order valence-electron chi connectivity index (χ4n) is 4.79. The third-order valence-electron chi connectivity index (χ3n) is 6.64. The number of anilines is 2. The Morgan fingerprint density at radius 3 is 2.50 bits per heavy atom. The molecule has 1 fully saturated rings. The van der Waals surface area contributed by atoms with Crippen molar-refractivity contribution in [3.05, 3.63) is 83.7 Å². The van der Waals surface area contributed by atoms with E-state index in [0.717, 1.165) is 37.4 Å². The van der Waals surface area contributed by atoms with Gasteiger partial charge in [-0.25, -0.2) is 10.2 Å². The van der Waals surface area contributed by atoms with E-state index in [9.17, 15) is 14.4 Å². The highest BCUT2D eigenvalue weighted by Gasteiger charge is 2.35. The normalized spacial score (nSPS) is 14.0. The van der Waals surface area contributed by atoms with Gasteiger partial charge in [0.15, 0.2) is 5.78 Å². The molecule has 0 radical (unpaired) electrons.